The zero-order valence-corrected chi connectivity index (χ0v) is 27.0. The summed E-state index contributed by atoms with van der Waals surface area (Å²) >= 11 is 0. The van der Waals surface area contributed by atoms with Gasteiger partial charge in [-0.05, 0) is 127 Å². The Kier molecular flexibility index (Phi) is 9.50. The third-order valence-electron chi connectivity index (χ3n) is 12.6. The Bertz CT molecular complexity index is 1150. The summed E-state index contributed by atoms with van der Waals surface area (Å²) in [5.41, 5.74) is 3.70. The first-order valence-electron chi connectivity index (χ1n) is 17.0. The van der Waals surface area contributed by atoms with Crippen LogP contribution in [0.15, 0.2) is 42.7 Å². The summed E-state index contributed by atoms with van der Waals surface area (Å²) in [6.07, 6.45) is 18.2. The fourth-order valence-electron chi connectivity index (χ4n) is 10.4. The van der Waals surface area contributed by atoms with Gasteiger partial charge in [-0.25, -0.2) is 4.79 Å². The molecular formula is C38H56O4. The topological polar surface area (TPSA) is 55.8 Å². The van der Waals surface area contributed by atoms with E-state index in [0.717, 1.165) is 66.1 Å². The molecule has 4 nitrogen and oxygen atoms in total. The van der Waals surface area contributed by atoms with Crippen LogP contribution in [0, 0.1) is 46.3 Å². The largest absolute Gasteiger partial charge is 0.498 e. The van der Waals surface area contributed by atoms with Gasteiger partial charge in [0, 0.05) is 0 Å². The SMILES string of the molecule is C=COCCOc1ccc(C(=O)O)c([C@H]2CC[C@@]3(C)C(=CC[C@H]4[C@@H]5CC[C@H]([C@H](C)CCCC(C)C)[C@@]5(C)CC[C@@H]43)C2)c1. The first kappa shape index (κ1) is 31.2. The number of carboxylic acids is 1. The van der Waals surface area contributed by atoms with Gasteiger partial charge in [0.2, 0.25) is 0 Å². The molecule has 1 aromatic carbocycles. The zero-order valence-electron chi connectivity index (χ0n) is 27.0. The molecule has 3 saturated carbocycles. The minimum atomic E-state index is -0.849. The van der Waals surface area contributed by atoms with Gasteiger partial charge in [0.1, 0.15) is 19.0 Å². The lowest BCUT2D eigenvalue weighted by molar-refractivity contribution is -0.0510. The van der Waals surface area contributed by atoms with E-state index in [4.69, 9.17) is 9.47 Å². The van der Waals surface area contributed by atoms with Gasteiger partial charge in [-0.3, -0.25) is 0 Å². The Hall–Kier alpha value is -2.23. The summed E-state index contributed by atoms with van der Waals surface area (Å²) in [7, 11) is 0. The molecule has 0 spiro atoms. The highest BCUT2D eigenvalue weighted by atomic mass is 16.5. The number of hydrogen-bond donors (Lipinski definition) is 1. The molecule has 0 unspecified atom stereocenters. The molecule has 0 saturated heterocycles. The lowest BCUT2D eigenvalue weighted by Crippen LogP contribution is -2.50. The number of hydrogen-bond acceptors (Lipinski definition) is 3. The fraction of sp³-hybridized carbons (Fsp3) is 0.711. The summed E-state index contributed by atoms with van der Waals surface area (Å²) < 4.78 is 11.1. The summed E-state index contributed by atoms with van der Waals surface area (Å²) in [6, 6.07) is 5.48. The molecule has 42 heavy (non-hydrogen) atoms. The number of benzene rings is 1. The number of rotatable bonds is 12. The van der Waals surface area contributed by atoms with Crippen molar-refractivity contribution in [1.29, 1.82) is 0 Å². The molecule has 4 aliphatic rings. The van der Waals surface area contributed by atoms with Crippen LogP contribution in [-0.4, -0.2) is 24.3 Å². The molecule has 0 aromatic heterocycles. The molecule has 5 rings (SSSR count). The standard InChI is InChI=1S/C38H56O4/c1-7-41-21-22-42-29-12-14-30(36(39)40)32(24-29)27-17-19-37(5)28(23-27)11-13-31-34-16-15-33(26(4)10-8-9-25(2)3)38(34,6)20-18-35(31)37/h7,11-12,14,24-27,31,33-35H,1,8-10,13,15-23H2,2-6H3,(H,39,40)/t26-,27+,31+,33-,34+,35+,37+,38-/m1/s1. The number of carbonyl (C=O) groups is 1. The summed E-state index contributed by atoms with van der Waals surface area (Å²) in [4.78, 5) is 12.2. The number of fused-ring (bicyclic) bond motifs is 5. The van der Waals surface area contributed by atoms with Crippen LogP contribution < -0.4 is 4.74 Å². The van der Waals surface area contributed by atoms with Crippen LogP contribution in [-0.2, 0) is 4.74 Å². The molecule has 0 amide bonds. The lowest BCUT2D eigenvalue weighted by atomic mass is 9.46. The Morgan fingerprint density at radius 3 is 2.62 bits per heavy atom. The maximum Gasteiger partial charge on any atom is 0.335 e. The second kappa shape index (κ2) is 12.8. The van der Waals surface area contributed by atoms with E-state index < -0.39 is 5.97 Å². The predicted octanol–water partition coefficient (Wildman–Crippen LogP) is 10.0. The molecule has 4 aliphatic carbocycles. The van der Waals surface area contributed by atoms with Crippen LogP contribution >= 0.6 is 0 Å². The highest BCUT2D eigenvalue weighted by Gasteiger charge is 2.59. The van der Waals surface area contributed by atoms with E-state index >= 15 is 0 Å². The predicted molar refractivity (Wildman–Crippen MR) is 171 cm³/mol. The van der Waals surface area contributed by atoms with Crippen molar-refractivity contribution in [3.05, 3.63) is 53.8 Å². The van der Waals surface area contributed by atoms with Gasteiger partial charge in [-0.2, -0.15) is 0 Å². The Labute approximate surface area is 255 Å². The smallest absolute Gasteiger partial charge is 0.335 e. The van der Waals surface area contributed by atoms with Crippen molar-refractivity contribution in [2.45, 2.75) is 111 Å². The van der Waals surface area contributed by atoms with Crippen molar-refractivity contribution in [3.8, 4) is 5.75 Å². The number of allylic oxidation sites excluding steroid dienone is 2. The minimum absolute atomic E-state index is 0.219. The van der Waals surface area contributed by atoms with Gasteiger partial charge < -0.3 is 14.6 Å². The molecule has 0 heterocycles. The number of carboxylic acid groups (broad SMARTS) is 1. The normalized spacial score (nSPS) is 34.5. The number of ether oxygens (including phenoxy) is 2. The second-order valence-corrected chi connectivity index (χ2v) is 15.2. The highest BCUT2D eigenvalue weighted by molar-refractivity contribution is 5.90. The van der Waals surface area contributed by atoms with Crippen LogP contribution in [0.2, 0.25) is 0 Å². The Morgan fingerprint density at radius 2 is 1.88 bits per heavy atom. The maximum atomic E-state index is 12.2. The van der Waals surface area contributed by atoms with Crippen molar-refractivity contribution in [1.82, 2.24) is 0 Å². The number of aromatic carboxylic acids is 1. The van der Waals surface area contributed by atoms with Gasteiger partial charge in [-0.15, -0.1) is 0 Å². The Morgan fingerprint density at radius 1 is 1.07 bits per heavy atom. The van der Waals surface area contributed by atoms with Crippen LogP contribution in [0.3, 0.4) is 0 Å². The average molecular weight is 577 g/mol. The van der Waals surface area contributed by atoms with Gasteiger partial charge in [0.15, 0.2) is 0 Å². The summed E-state index contributed by atoms with van der Waals surface area (Å²) in [6.45, 7) is 16.9. The van der Waals surface area contributed by atoms with E-state index in [2.05, 4.69) is 47.3 Å². The highest BCUT2D eigenvalue weighted by Crippen LogP contribution is 2.68. The summed E-state index contributed by atoms with van der Waals surface area (Å²) in [5.74, 6) is 5.07. The van der Waals surface area contributed by atoms with E-state index in [1.54, 1.807) is 17.7 Å². The molecular weight excluding hydrogens is 520 g/mol. The van der Waals surface area contributed by atoms with Crippen molar-refractivity contribution < 1.29 is 19.4 Å². The molecule has 8 atom stereocenters. The van der Waals surface area contributed by atoms with E-state index in [1.165, 1.54) is 57.6 Å². The minimum Gasteiger partial charge on any atom is -0.498 e. The molecule has 0 radical (unpaired) electrons. The summed E-state index contributed by atoms with van der Waals surface area (Å²) in [5, 5.41) is 10.0. The second-order valence-electron chi connectivity index (χ2n) is 15.2. The lowest BCUT2D eigenvalue weighted by Gasteiger charge is -2.58. The third-order valence-corrected chi connectivity index (χ3v) is 12.6. The van der Waals surface area contributed by atoms with Crippen LogP contribution in [0.1, 0.15) is 127 Å². The molecule has 0 bridgehead atoms. The molecule has 3 fully saturated rings. The van der Waals surface area contributed by atoms with E-state index in [9.17, 15) is 9.90 Å². The first-order chi connectivity index (χ1) is 20.1. The van der Waals surface area contributed by atoms with Crippen LogP contribution in [0.25, 0.3) is 0 Å². The van der Waals surface area contributed by atoms with Gasteiger partial charge in [0.25, 0.3) is 0 Å². The van der Waals surface area contributed by atoms with Crippen molar-refractivity contribution >= 4 is 5.97 Å². The quantitative estimate of drug-likeness (QED) is 0.153. The average Bonchev–Trinajstić information content (AvgIpc) is 3.32. The molecule has 1 aromatic rings. The van der Waals surface area contributed by atoms with Crippen molar-refractivity contribution in [2.24, 2.45) is 46.3 Å². The Balaban J connectivity index is 1.31. The van der Waals surface area contributed by atoms with Gasteiger partial charge >= 0.3 is 5.97 Å². The van der Waals surface area contributed by atoms with Crippen LogP contribution in [0.5, 0.6) is 5.75 Å². The van der Waals surface area contributed by atoms with E-state index in [1.807, 2.05) is 6.07 Å². The molecule has 232 valence electrons. The monoisotopic (exact) mass is 576 g/mol. The van der Waals surface area contributed by atoms with E-state index in [-0.39, 0.29) is 11.3 Å². The van der Waals surface area contributed by atoms with Crippen molar-refractivity contribution in [3.63, 3.8) is 0 Å². The van der Waals surface area contributed by atoms with Crippen LogP contribution in [0.4, 0.5) is 0 Å². The van der Waals surface area contributed by atoms with Gasteiger partial charge in [0.05, 0.1) is 11.8 Å². The third kappa shape index (κ3) is 5.93. The molecule has 1 N–H and O–H groups in total. The molecule has 4 heteroatoms. The maximum absolute atomic E-state index is 12.2. The zero-order chi connectivity index (χ0) is 30.1. The van der Waals surface area contributed by atoms with Gasteiger partial charge in [-0.1, -0.05) is 72.1 Å². The molecule has 0 aliphatic heterocycles. The van der Waals surface area contributed by atoms with E-state index in [0.29, 0.717) is 24.2 Å². The fourth-order valence-corrected chi connectivity index (χ4v) is 10.4. The van der Waals surface area contributed by atoms with Crippen molar-refractivity contribution in [2.75, 3.05) is 13.2 Å². The first-order valence-corrected chi connectivity index (χ1v) is 17.0.